The second-order valence-corrected chi connectivity index (χ2v) is 14.3. The fourth-order valence-electron chi connectivity index (χ4n) is 4.36. The van der Waals surface area contributed by atoms with Crippen LogP contribution in [0.1, 0.15) is 0 Å². The van der Waals surface area contributed by atoms with Crippen molar-refractivity contribution in [2.45, 2.75) is 0 Å². The molecule has 0 unspecified atom stereocenters. The normalized spacial score (nSPS) is 10.5. The molecular weight excluding hydrogens is 702 g/mol. The van der Waals surface area contributed by atoms with Gasteiger partial charge < -0.3 is 0 Å². The number of hydrogen-bond donors (Lipinski definition) is 0. The van der Waals surface area contributed by atoms with Crippen LogP contribution in [-0.4, -0.2) is 0 Å². The standard InChI is InChI=1S/2C18H15P.Ag.ClHO4/c2*1-4-10-16(11-5-1)19(17-12-6-2-7-13-17)18-14-8-3-9-15-18;;2-1(3,4)5/h2*1-15H;;(H,2,3,4,5)/q;;+1;/p-1. The Morgan fingerprint density at radius 3 is 0.500 bits per heavy atom. The van der Waals surface area contributed by atoms with Gasteiger partial charge in [-0.25, -0.2) is 18.6 Å². The van der Waals surface area contributed by atoms with E-state index >= 15 is 0 Å². The molecule has 6 rings (SSSR count). The molecule has 4 nitrogen and oxygen atoms in total. The zero-order chi connectivity index (χ0) is 30.3. The molecule has 226 valence electrons. The molecule has 6 aromatic carbocycles. The minimum atomic E-state index is -4.94. The average Bonchev–Trinajstić information content (AvgIpc) is 3.04. The van der Waals surface area contributed by atoms with E-state index in [-0.39, 0.29) is 22.4 Å². The van der Waals surface area contributed by atoms with Gasteiger partial charge in [0.25, 0.3) is 0 Å². The van der Waals surface area contributed by atoms with E-state index in [4.69, 9.17) is 18.6 Å². The number of benzene rings is 6. The van der Waals surface area contributed by atoms with Crippen molar-refractivity contribution < 1.29 is 51.3 Å². The van der Waals surface area contributed by atoms with Gasteiger partial charge in [-0.1, -0.05) is 182 Å². The molecule has 6 aromatic rings. The topological polar surface area (TPSA) is 92.2 Å². The van der Waals surface area contributed by atoms with E-state index in [9.17, 15) is 0 Å². The Labute approximate surface area is 279 Å². The first-order chi connectivity index (χ1) is 20.9. The molecule has 0 aromatic heterocycles. The maximum absolute atomic E-state index is 8.49. The molecule has 0 aliphatic rings. The Kier molecular flexibility index (Phi) is 15.2. The number of rotatable bonds is 6. The summed E-state index contributed by atoms with van der Waals surface area (Å²) in [4.78, 5) is 0. The summed E-state index contributed by atoms with van der Waals surface area (Å²) in [7, 11) is -5.84. The molecule has 0 aliphatic heterocycles. The van der Waals surface area contributed by atoms with E-state index in [1.165, 1.54) is 31.8 Å². The van der Waals surface area contributed by atoms with E-state index in [0.29, 0.717) is 0 Å². The number of hydrogen-bond acceptors (Lipinski definition) is 4. The summed E-state index contributed by atoms with van der Waals surface area (Å²) in [5.74, 6) is 0. The van der Waals surface area contributed by atoms with Crippen LogP contribution in [0.3, 0.4) is 0 Å². The first-order valence-electron chi connectivity index (χ1n) is 13.4. The Morgan fingerprint density at radius 2 is 0.386 bits per heavy atom. The van der Waals surface area contributed by atoms with Gasteiger partial charge in [0.2, 0.25) is 0 Å². The molecule has 0 aliphatic carbocycles. The van der Waals surface area contributed by atoms with Gasteiger partial charge in [0.1, 0.15) is 0 Å². The second kappa shape index (κ2) is 18.8. The molecule has 0 bridgehead atoms. The minimum Gasteiger partial charge on any atom is -0.222 e. The molecule has 0 N–H and O–H groups in total. The molecule has 0 heterocycles. The Bertz CT molecular complexity index is 1280. The summed E-state index contributed by atoms with van der Waals surface area (Å²) in [6, 6.07) is 64.7. The molecule has 0 amide bonds. The molecular formula is C36H30AgClO4P2. The fraction of sp³-hybridized carbons (Fsp3) is 0. The molecule has 8 heteroatoms. The quantitative estimate of drug-likeness (QED) is 0.194. The molecule has 0 atom stereocenters. The maximum atomic E-state index is 8.49. The SMILES string of the molecule is [Ag+].[O-][Cl+3]([O-])([O-])[O-].c1ccc(P(c2ccccc2)c2ccccc2)cc1.c1ccc(P(c2ccccc2)c2ccccc2)cc1. The van der Waals surface area contributed by atoms with Gasteiger partial charge in [-0.3, -0.25) is 0 Å². The molecule has 0 saturated carbocycles. The van der Waals surface area contributed by atoms with Crippen LogP contribution in [0, 0.1) is 10.2 Å². The monoisotopic (exact) mass is 730 g/mol. The largest absolute Gasteiger partial charge is 1.00 e. The third kappa shape index (κ3) is 11.9. The predicted octanol–water partition coefficient (Wildman–Crippen LogP) is 2.13. The van der Waals surface area contributed by atoms with Crippen molar-refractivity contribution in [1.29, 1.82) is 0 Å². The van der Waals surface area contributed by atoms with Crippen molar-refractivity contribution in [3.05, 3.63) is 182 Å². The minimum absolute atomic E-state index is 0. The van der Waals surface area contributed by atoms with E-state index in [1.54, 1.807) is 0 Å². The summed E-state index contributed by atoms with van der Waals surface area (Å²) in [6.07, 6.45) is 0. The third-order valence-corrected chi connectivity index (χ3v) is 11.0. The first-order valence-corrected chi connectivity index (χ1v) is 17.3. The smallest absolute Gasteiger partial charge is 0.222 e. The predicted molar refractivity (Wildman–Crippen MR) is 170 cm³/mol. The van der Waals surface area contributed by atoms with Crippen LogP contribution in [0.15, 0.2) is 182 Å². The summed E-state index contributed by atoms with van der Waals surface area (Å²) < 4.78 is 34.0. The van der Waals surface area contributed by atoms with Gasteiger partial charge in [0, 0.05) is 0 Å². The first kappa shape index (κ1) is 35.5. The van der Waals surface area contributed by atoms with E-state index < -0.39 is 26.1 Å². The van der Waals surface area contributed by atoms with E-state index in [2.05, 4.69) is 182 Å². The summed E-state index contributed by atoms with van der Waals surface area (Å²) in [5.41, 5.74) is 0. The fourth-order valence-corrected chi connectivity index (χ4v) is 8.97. The summed E-state index contributed by atoms with van der Waals surface area (Å²) in [6.45, 7) is 0. The van der Waals surface area contributed by atoms with Crippen LogP contribution in [0.25, 0.3) is 0 Å². The maximum Gasteiger partial charge on any atom is 1.00 e. The molecule has 0 saturated heterocycles. The van der Waals surface area contributed by atoms with Crippen LogP contribution in [0.2, 0.25) is 0 Å². The molecule has 0 fully saturated rings. The second-order valence-electron chi connectivity index (χ2n) is 9.06. The van der Waals surface area contributed by atoms with Gasteiger partial charge in [-0.2, -0.15) is 0 Å². The Morgan fingerprint density at radius 1 is 0.273 bits per heavy atom. The molecule has 0 radical (unpaired) electrons. The van der Waals surface area contributed by atoms with Gasteiger partial charge in [-0.05, 0) is 47.7 Å². The summed E-state index contributed by atoms with van der Waals surface area (Å²) >= 11 is 0. The van der Waals surface area contributed by atoms with E-state index in [0.717, 1.165) is 0 Å². The van der Waals surface area contributed by atoms with Crippen LogP contribution in [-0.2, 0) is 22.4 Å². The van der Waals surface area contributed by atoms with Gasteiger partial charge in [0.15, 0.2) is 0 Å². The Hall–Kier alpha value is -2.95. The van der Waals surface area contributed by atoms with Crippen LogP contribution >= 0.6 is 15.8 Å². The average molecular weight is 732 g/mol. The molecule has 44 heavy (non-hydrogen) atoms. The third-order valence-electron chi connectivity index (χ3n) is 6.09. The van der Waals surface area contributed by atoms with Gasteiger partial charge in [0.05, 0.1) is 0 Å². The van der Waals surface area contributed by atoms with Crippen molar-refractivity contribution in [1.82, 2.24) is 0 Å². The van der Waals surface area contributed by atoms with Crippen molar-refractivity contribution in [2.75, 3.05) is 0 Å². The molecule has 0 spiro atoms. The Balaban J connectivity index is 0.000000205. The number of halogens is 1. The van der Waals surface area contributed by atoms with Crippen LogP contribution in [0.4, 0.5) is 0 Å². The zero-order valence-corrected chi connectivity index (χ0v) is 27.6. The van der Waals surface area contributed by atoms with E-state index in [1.807, 2.05) is 0 Å². The van der Waals surface area contributed by atoms with Crippen molar-refractivity contribution in [3.8, 4) is 0 Å². The summed E-state index contributed by atoms with van der Waals surface area (Å²) in [5, 5.41) is 8.39. The van der Waals surface area contributed by atoms with Crippen LogP contribution in [0.5, 0.6) is 0 Å². The van der Waals surface area contributed by atoms with Crippen molar-refractivity contribution >= 4 is 47.7 Å². The van der Waals surface area contributed by atoms with Gasteiger partial charge >= 0.3 is 22.4 Å². The van der Waals surface area contributed by atoms with Gasteiger partial charge in [-0.15, -0.1) is 10.2 Å². The van der Waals surface area contributed by atoms with Crippen LogP contribution < -0.4 is 50.5 Å². The van der Waals surface area contributed by atoms with Crippen molar-refractivity contribution in [2.24, 2.45) is 0 Å². The van der Waals surface area contributed by atoms with Crippen molar-refractivity contribution in [3.63, 3.8) is 0 Å². The zero-order valence-electron chi connectivity index (χ0n) is 23.5.